The first-order valence-electron chi connectivity index (χ1n) is 1.28. The lowest BCUT2D eigenvalue weighted by molar-refractivity contribution is 0.343. The van der Waals surface area contributed by atoms with E-state index in [1.165, 1.54) is 0 Å². The standard InChI is InChI=1S/C3H5BrO/c4-2-1-3-5/h1-2,5H,3H2/b2-1+. The summed E-state index contributed by atoms with van der Waals surface area (Å²) in [5, 5.41) is 7.95. The third-order valence-electron chi connectivity index (χ3n) is 0.194. The van der Waals surface area contributed by atoms with Gasteiger partial charge in [-0.2, -0.15) is 0 Å². The molecule has 0 unspecified atom stereocenters. The maximum Gasteiger partial charge on any atom is 0.0620 e. The summed E-state index contributed by atoms with van der Waals surface area (Å²) in [6.45, 7) is 0.116. The number of aliphatic hydroxyl groups is 1. The molecule has 0 aromatic rings. The Morgan fingerprint density at radius 3 is 2.40 bits per heavy atom. The first kappa shape index (κ1) is 5.18. The first-order chi connectivity index (χ1) is 2.41. The van der Waals surface area contributed by atoms with Gasteiger partial charge in [-0.3, -0.25) is 0 Å². The monoisotopic (exact) mass is 136 g/mol. The molecule has 0 saturated carbocycles. The smallest absolute Gasteiger partial charge is 0.0620 e. The molecular weight excluding hydrogens is 132 g/mol. The molecule has 0 amide bonds. The summed E-state index contributed by atoms with van der Waals surface area (Å²) in [6, 6.07) is 0. The Hall–Kier alpha value is 0.180. The second-order valence-corrected chi connectivity index (χ2v) is 1.07. The summed E-state index contributed by atoms with van der Waals surface area (Å²) in [4.78, 5) is 1.62. The molecule has 0 aromatic heterocycles. The molecule has 0 bridgehead atoms. The highest BCUT2D eigenvalue weighted by molar-refractivity contribution is 9.11. The zero-order chi connectivity index (χ0) is 4.12. The van der Waals surface area contributed by atoms with Crippen LogP contribution in [-0.2, 0) is 0 Å². The van der Waals surface area contributed by atoms with Crippen molar-refractivity contribution in [3.8, 4) is 0 Å². The summed E-state index contributed by atoms with van der Waals surface area (Å²) in [5.74, 6) is 0. The van der Waals surface area contributed by atoms with Gasteiger partial charge in [-0.15, -0.1) is 0 Å². The van der Waals surface area contributed by atoms with Crippen molar-refractivity contribution in [1.29, 1.82) is 0 Å². The van der Waals surface area contributed by atoms with E-state index >= 15 is 0 Å². The van der Waals surface area contributed by atoms with Gasteiger partial charge in [0.2, 0.25) is 0 Å². The molecule has 0 saturated heterocycles. The molecular formula is C3H5BrO. The van der Waals surface area contributed by atoms with Crippen LogP contribution in [0.5, 0.6) is 0 Å². The van der Waals surface area contributed by atoms with Gasteiger partial charge in [0.1, 0.15) is 0 Å². The molecule has 0 atom stereocenters. The minimum Gasteiger partial charge on any atom is -0.392 e. The van der Waals surface area contributed by atoms with Crippen LogP contribution in [0.15, 0.2) is 11.1 Å². The number of hydrogen-bond acceptors (Lipinski definition) is 1. The van der Waals surface area contributed by atoms with Gasteiger partial charge >= 0.3 is 0 Å². The minimum absolute atomic E-state index is 0.116. The highest BCUT2D eigenvalue weighted by atomic mass is 79.9. The van der Waals surface area contributed by atoms with Gasteiger partial charge in [-0.1, -0.05) is 22.0 Å². The van der Waals surface area contributed by atoms with E-state index in [2.05, 4.69) is 15.9 Å². The molecule has 0 aliphatic rings. The van der Waals surface area contributed by atoms with E-state index < -0.39 is 0 Å². The van der Waals surface area contributed by atoms with Crippen LogP contribution >= 0.6 is 15.9 Å². The summed E-state index contributed by atoms with van der Waals surface area (Å²) < 4.78 is 0. The molecule has 0 rings (SSSR count). The van der Waals surface area contributed by atoms with Crippen molar-refractivity contribution in [2.45, 2.75) is 0 Å². The molecule has 0 radical (unpaired) electrons. The van der Waals surface area contributed by atoms with Crippen molar-refractivity contribution in [1.82, 2.24) is 0 Å². The fraction of sp³-hybridized carbons (Fsp3) is 0.333. The van der Waals surface area contributed by atoms with Crippen molar-refractivity contribution in [3.63, 3.8) is 0 Å². The van der Waals surface area contributed by atoms with E-state index in [4.69, 9.17) is 5.11 Å². The van der Waals surface area contributed by atoms with Crippen molar-refractivity contribution in [2.24, 2.45) is 0 Å². The summed E-state index contributed by atoms with van der Waals surface area (Å²) in [5.41, 5.74) is 0. The predicted molar refractivity (Wildman–Crippen MR) is 25.2 cm³/mol. The summed E-state index contributed by atoms with van der Waals surface area (Å²) >= 11 is 2.97. The molecule has 0 spiro atoms. The molecule has 2 heteroatoms. The highest BCUT2D eigenvalue weighted by Gasteiger charge is 1.54. The Kier molecular flexibility index (Phi) is 4.33. The topological polar surface area (TPSA) is 20.2 Å². The third-order valence-corrected chi connectivity index (χ3v) is 0.568. The minimum atomic E-state index is 0.116. The highest BCUT2D eigenvalue weighted by Crippen LogP contribution is 1.77. The van der Waals surface area contributed by atoms with E-state index in [-0.39, 0.29) is 6.61 Å². The zero-order valence-electron chi connectivity index (χ0n) is 2.69. The van der Waals surface area contributed by atoms with E-state index in [9.17, 15) is 0 Å². The van der Waals surface area contributed by atoms with E-state index in [1.54, 1.807) is 11.1 Å². The molecule has 30 valence electrons. The molecule has 5 heavy (non-hydrogen) atoms. The second-order valence-electron chi connectivity index (χ2n) is 0.544. The van der Waals surface area contributed by atoms with Gasteiger partial charge in [0.05, 0.1) is 6.61 Å². The van der Waals surface area contributed by atoms with E-state index in [0.29, 0.717) is 0 Å². The summed E-state index contributed by atoms with van der Waals surface area (Å²) in [7, 11) is 0. The SMILES string of the molecule is OC/C=C/Br. The number of halogens is 1. The summed E-state index contributed by atoms with van der Waals surface area (Å²) in [6.07, 6.45) is 1.60. The van der Waals surface area contributed by atoms with Gasteiger partial charge in [-0.25, -0.2) is 0 Å². The normalized spacial score (nSPS) is 10.0. The molecule has 0 aliphatic heterocycles. The van der Waals surface area contributed by atoms with Gasteiger partial charge in [0.15, 0.2) is 0 Å². The lowest BCUT2D eigenvalue weighted by Gasteiger charge is -1.65. The first-order valence-corrected chi connectivity index (χ1v) is 2.19. The largest absolute Gasteiger partial charge is 0.392 e. The fourth-order valence-electron chi connectivity index (χ4n) is 0.0398. The maximum atomic E-state index is 7.95. The zero-order valence-corrected chi connectivity index (χ0v) is 4.27. The Morgan fingerprint density at radius 2 is 2.40 bits per heavy atom. The van der Waals surface area contributed by atoms with Crippen molar-refractivity contribution in [2.75, 3.05) is 6.61 Å². The van der Waals surface area contributed by atoms with Crippen molar-refractivity contribution in [3.05, 3.63) is 11.1 Å². The Morgan fingerprint density at radius 1 is 1.80 bits per heavy atom. The van der Waals surface area contributed by atoms with Crippen LogP contribution in [0.25, 0.3) is 0 Å². The van der Waals surface area contributed by atoms with Crippen LogP contribution in [-0.4, -0.2) is 11.7 Å². The van der Waals surface area contributed by atoms with Crippen LogP contribution < -0.4 is 0 Å². The third kappa shape index (κ3) is 4.18. The van der Waals surface area contributed by atoms with Gasteiger partial charge in [0, 0.05) is 0 Å². The average Bonchev–Trinajstić information content (AvgIpc) is 1.41. The number of rotatable bonds is 1. The van der Waals surface area contributed by atoms with Crippen LogP contribution in [0, 0.1) is 0 Å². The Balaban J connectivity index is 2.62. The van der Waals surface area contributed by atoms with Crippen LogP contribution in [0.3, 0.4) is 0 Å². The molecule has 1 N–H and O–H groups in total. The lowest BCUT2D eigenvalue weighted by Crippen LogP contribution is -1.64. The van der Waals surface area contributed by atoms with Crippen LogP contribution in [0.1, 0.15) is 0 Å². The van der Waals surface area contributed by atoms with E-state index in [1.807, 2.05) is 0 Å². The quantitative estimate of drug-likeness (QED) is 0.568. The lowest BCUT2D eigenvalue weighted by atomic mass is 10.7. The fourth-order valence-corrected chi connectivity index (χ4v) is 0.207. The Bertz CT molecular complexity index is 33.9. The predicted octanol–water partition coefficient (Wildman–Crippen LogP) is 0.887. The number of aliphatic hydroxyl groups excluding tert-OH is 1. The maximum absolute atomic E-state index is 7.95. The Labute approximate surface area is 39.4 Å². The van der Waals surface area contributed by atoms with Gasteiger partial charge < -0.3 is 5.11 Å². The number of hydrogen-bond donors (Lipinski definition) is 1. The van der Waals surface area contributed by atoms with Crippen molar-refractivity contribution >= 4 is 15.9 Å². The van der Waals surface area contributed by atoms with Crippen LogP contribution in [0.2, 0.25) is 0 Å². The molecule has 1 nitrogen and oxygen atoms in total. The molecule has 0 aromatic carbocycles. The van der Waals surface area contributed by atoms with Gasteiger partial charge in [-0.05, 0) is 4.99 Å². The average molecular weight is 137 g/mol. The van der Waals surface area contributed by atoms with E-state index in [0.717, 1.165) is 0 Å². The van der Waals surface area contributed by atoms with Gasteiger partial charge in [0.25, 0.3) is 0 Å². The molecule has 0 heterocycles. The molecule has 0 aliphatic carbocycles. The van der Waals surface area contributed by atoms with Crippen LogP contribution in [0.4, 0.5) is 0 Å². The second kappa shape index (κ2) is 4.18. The van der Waals surface area contributed by atoms with Crippen molar-refractivity contribution < 1.29 is 5.11 Å². The molecule has 0 fully saturated rings.